The fourth-order valence-corrected chi connectivity index (χ4v) is 2.58. The predicted molar refractivity (Wildman–Crippen MR) is 84.6 cm³/mol. The number of nitrogens with one attached hydrogen (secondary N) is 2. The molecule has 0 unspecified atom stereocenters. The van der Waals surface area contributed by atoms with Crippen molar-refractivity contribution in [2.45, 2.75) is 33.1 Å². The average Bonchev–Trinajstić information content (AvgIpc) is 2.95. The van der Waals surface area contributed by atoms with Crippen LogP contribution >= 0.6 is 11.3 Å². The summed E-state index contributed by atoms with van der Waals surface area (Å²) >= 11 is 1.63. The van der Waals surface area contributed by atoms with E-state index in [1.807, 2.05) is 19.5 Å². The fourth-order valence-electron chi connectivity index (χ4n) is 1.98. The van der Waals surface area contributed by atoms with E-state index < -0.39 is 0 Å². The van der Waals surface area contributed by atoms with Gasteiger partial charge in [0, 0.05) is 37.4 Å². The minimum atomic E-state index is 0.830. The van der Waals surface area contributed by atoms with Gasteiger partial charge >= 0.3 is 0 Å². The first-order valence-corrected chi connectivity index (χ1v) is 7.85. The summed E-state index contributed by atoms with van der Waals surface area (Å²) in [5.41, 5.74) is 4.05. The van der Waals surface area contributed by atoms with Gasteiger partial charge < -0.3 is 10.6 Å². The summed E-state index contributed by atoms with van der Waals surface area (Å²) in [6, 6.07) is 0. The molecule has 0 bridgehead atoms. The van der Waals surface area contributed by atoms with E-state index in [1.165, 1.54) is 0 Å². The highest BCUT2D eigenvalue weighted by molar-refractivity contribution is 7.07. The fraction of sp³-hybridized carbons (Fsp3) is 0.500. The lowest BCUT2D eigenvalue weighted by atomic mass is 10.2. The molecule has 2 aromatic rings. The summed E-state index contributed by atoms with van der Waals surface area (Å²) in [6.07, 6.45) is 2.85. The Morgan fingerprint density at radius 2 is 2.00 bits per heavy atom. The molecule has 2 heterocycles. The number of aryl methyl sites for hydroxylation is 1. The summed E-state index contributed by atoms with van der Waals surface area (Å²) in [5, 5.41) is 8.61. The summed E-state index contributed by atoms with van der Waals surface area (Å²) in [6.45, 7) is 5.00. The van der Waals surface area contributed by atoms with Crippen LogP contribution in [0.15, 0.2) is 10.9 Å². The van der Waals surface area contributed by atoms with E-state index in [4.69, 9.17) is 0 Å². The van der Waals surface area contributed by atoms with Crippen LogP contribution in [0.25, 0.3) is 0 Å². The molecule has 0 amide bonds. The topological polar surface area (TPSA) is 62.7 Å². The molecule has 0 aliphatic carbocycles. The van der Waals surface area contributed by atoms with Crippen molar-refractivity contribution in [3.63, 3.8) is 0 Å². The molecule has 2 aromatic heterocycles. The van der Waals surface area contributed by atoms with Crippen LogP contribution in [0, 0.1) is 6.92 Å². The van der Waals surface area contributed by atoms with Crippen molar-refractivity contribution >= 4 is 23.0 Å². The monoisotopic (exact) mass is 291 g/mol. The van der Waals surface area contributed by atoms with E-state index in [0.717, 1.165) is 54.5 Å². The summed E-state index contributed by atoms with van der Waals surface area (Å²) < 4.78 is 0. The van der Waals surface area contributed by atoms with Crippen LogP contribution in [0.3, 0.4) is 0 Å². The van der Waals surface area contributed by atoms with E-state index in [0.29, 0.717) is 0 Å². The van der Waals surface area contributed by atoms with Crippen LogP contribution in [0.1, 0.15) is 30.4 Å². The Morgan fingerprint density at radius 1 is 1.20 bits per heavy atom. The van der Waals surface area contributed by atoms with Crippen molar-refractivity contribution in [3.05, 3.63) is 28.0 Å². The van der Waals surface area contributed by atoms with Crippen LogP contribution in [0.4, 0.5) is 11.6 Å². The van der Waals surface area contributed by atoms with Gasteiger partial charge in [-0.2, -0.15) is 0 Å². The van der Waals surface area contributed by atoms with Gasteiger partial charge in [-0.05, 0) is 13.3 Å². The van der Waals surface area contributed by atoms with E-state index in [1.54, 1.807) is 11.3 Å². The van der Waals surface area contributed by atoms with Crippen molar-refractivity contribution in [3.8, 4) is 0 Å². The lowest BCUT2D eigenvalue weighted by Crippen LogP contribution is -2.12. The molecule has 6 heteroatoms. The number of hydrogen-bond acceptors (Lipinski definition) is 6. The van der Waals surface area contributed by atoms with Gasteiger partial charge in [-0.3, -0.25) is 0 Å². The number of aromatic nitrogens is 3. The molecule has 2 rings (SSSR count). The number of thiazole rings is 1. The third-order valence-electron chi connectivity index (χ3n) is 3.06. The summed E-state index contributed by atoms with van der Waals surface area (Å²) in [7, 11) is 1.89. The van der Waals surface area contributed by atoms with Gasteiger partial charge in [0.15, 0.2) is 0 Å². The number of nitrogens with zero attached hydrogens (tertiary/aromatic N) is 3. The third-order valence-corrected chi connectivity index (χ3v) is 3.69. The first-order chi connectivity index (χ1) is 9.74. The molecule has 0 radical (unpaired) electrons. The average molecular weight is 291 g/mol. The zero-order chi connectivity index (χ0) is 14.4. The number of rotatable bonds is 7. The van der Waals surface area contributed by atoms with E-state index >= 15 is 0 Å². The van der Waals surface area contributed by atoms with Gasteiger partial charge in [-0.1, -0.05) is 6.92 Å². The second-order valence-electron chi connectivity index (χ2n) is 4.62. The molecule has 0 atom stereocenters. The van der Waals surface area contributed by atoms with Crippen molar-refractivity contribution < 1.29 is 0 Å². The predicted octanol–water partition coefficient (Wildman–Crippen LogP) is 2.89. The molecular formula is C14H21N5S. The smallest absolute Gasteiger partial charge is 0.134 e. The van der Waals surface area contributed by atoms with E-state index in [9.17, 15) is 0 Å². The number of hydrogen-bond donors (Lipinski definition) is 2. The quantitative estimate of drug-likeness (QED) is 0.821. The highest BCUT2D eigenvalue weighted by Crippen LogP contribution is 2.20. The standard InChI is InChI=1S/C14H21N5S/c1-4-5-12-18-13(15-3)10(2)14(19-12)16-7-6-11-8-20-9-17-11/h8-9H,4-7H2,1-3H3,(H2,15,16,18,19). The minimum Gasteiger partial charge on any atom is -0.373 e. The maximum atomic E-state index is 4.61. The van der Waals surface area contributed by atoms with Crippen molar-refractivity contribution in [2.75, 3.05) is 24.2 Å². The Balaban J connectivity index is 2.06. The minimum absolute atomic E-state index is 0.830. The second-order valence-corrected chi connectivity index (χ2v) is 5.34. The van der Waals surface area contributed by atoms with Crippen LogP contribution in [-0.4, -0.2) is 28.5 Å². The SMILES string of the molecule is CCCc1nc(NC)c(C)c(NCCc2cscn2)n1. The Kier molecular flexibility index (Phi) is 5.29. The lowest BCUT2D eigenvalue weighted by Gasteiger charge is -2.13. The zero-order valence-corrected chi connectivity index (χ0v) is 13.0. The molecule has 0 spiro atoms. The second kappa shape index (κ2) is 7.19. The molecule has 0 aromatic carbocycles. The van der Waals surface area contributed by atoms with Gasteiger partial charge in [0.2, 0.25) is 0 Å². The van der Waals surface area contributed by atoms with Gasteiger partial charge in [0.1, 0.15) is 17.5 Å². The molecule has 0 aliphatic heterocycles. The van der Waals surface area contributed by atoms with Crippen molar-refractivity contribution in [1.82, 2.24) is 15.0 Å². The Bertz CT molecular complexity index is 539. The van der Waals surface area contributed by atoms with Gasteiger partial charge in [0.05, 0.1) is 11.2 Å². The molecule has 20 heavy (non-hydrogen) atoms. The molecule has 2 N–H and O–H groups in total. The first-order valence-electron chi connectivity index (χ1n) is 6.90. The van der Waals surface area contributed by atoms with Gasteiger partial charge in [-0.15, -0.1) is 11.3 Å². The Morgan fingerprint density at radius 3 is 2.65 bits per heavy atom. The normalized spacial score (nSPS) is 10.6. The van der Waals surface area contributed by atoms with Gasteiger partial charge in [0.25, 0.3) is 0 Å². The molecule has 0 saturated heterocycles. The highest BCUT2D eigenvalue weighted by atomic mass is 32.1. The van der Waals surface area contributed by atoms with Gasteiger partial charge in [-0.25, -0.2) is 15.0 Å². The Hall–Kier alpha value is -1.69. The van der Waals surface area contributed by atoms with Crippen molar-refractivity contribution in [2.24, 2.45) is 0 Å². The largest absolute Gasteiger partial charge is 0.373 e. The first kappa shape index (κ1) is 14.7. The van der Waals surface area contributed by atoms with Crippen LogP contribution in [0.2, 0.25) is 0 Å². The molecule has 0 fully saturated rings. The molecule has 5 nitrogen and oxygen atoms in total. The molecule has 0 saturated carbocycles. The maximum absolute atomic E-state index is 4.61. The molecule has 0 aliphatic rings. The van der Waals surface area contributed by atoms with Crippen molar-refractivity contribution in [1.29, 1.82) is 0 Å². The highest BCUT2D eigenvalue weighted by Gasteiger charge is 2.09. The Labute approximate surface area is 123 Å². The van der Waals surface area contributed by atoms with E-state index in [2.05, 4.69) is 37.9 Å². The maximum Gasteiger partial charge on any atom is 0.134 e. The van der Waals surface area contributed by atoms with Crippen LogP contribution in [0.5, 0.6) is 0 Å². The summed E-state index contributed by atoms with van der Waals surface area (Å²) in [5.74, 6) is 2.71. The number of anilines is 2. The molecular weight excluding hydrogens is 270 g/mol. The van der Waals surface area contributed by atoms with E-state index in [-0.39, 0.29) is 0 Å². The van der Waals surface area contributed by atoms with Crippen LogP contribution < -0.4 is 10.6 Å². The third kappa shape index (κ3) is 3.66. The zero-order valence-electron chi connectivity index (χ0n) is 12.2. The molecule has 108 valence electrons. The summed E-state index contributed by atoms with van der Waals surface area (Å²) in [4.78, 5) is 13.4. The van der Waals surface area contributed by atoms with Crippen LogP contribution in [-0.2, 0) is 12.8 Å². The lowest BCUT2D eigenvalue weighted by molar-refractivity contribution is 0.830.